The number of aryl methyl sites for hydroxylation is 2. The van der Waals surface area contributed by atoms with Gasteiger partial charge in [0.05, 0.1) is 21.5 Å². The molecule has 0 aliphatic carbocycles. The first-order valence-electron chi connectivity index (χ1n) is 11.0. The van der Waals surface area contributed by atoms with Crippen LogP contribution in [0.1, 0.15) is 33.0 Å². The van der Waals surface area contributed by atoms with Gasteiger partial charge in [0.15, 0.2) is 0 Å². The topological polar surface area (TPSA) is 34.9 Å². The lowest BCUT2D eigenvalue weighted by Crippen LogP contribution is -2.23. The quantitative estimate of drug-likeness (QED) is 0.284. The van der Waals surface area contributed by atoms with Gasteiger partial charge in [0, 0.05) is 5.56 Å². The van der Waals surface area contributed by atoms with Crippen molar-refractivity contribution < 1.29 is 0 Å². The molecule has 0 aliphatic rings. The molecule has 2 aromatic heterocycles. The predicted octanol–water partition coefficient (Wildman–Crippen LogP) is 6.63. The van der Waals surface area contributed by atoms with Crippen LogP contribution in [0.2, 0.25) is 0 Å². The van der Waals surface area contributed by atoms with E-state index in [0.29, 0.717) is 16.7 Å². The van der Waals surface area contributed by atoms with Crippen LogP contribution in [0, 0.1) is 25.7 Å². The minimum Gasteiger partial charge on any atom is -0.268 e. The third-order valence-electron chi connectivity index (χ3n) is 5.69. The van der Waals surface area contributed by atoms with Crippen molar-refractivity contribution in [3.8, 4) is 17.5 Å². The van der Waals surface area contributed by atoms with Gasteiger partial charge in [-0.05, 0) is 78.4 Å². The van der Waals surface area contributed by atoms with Gasteiger partial charge < -0.3 is 0 Å². The van der Waals surface area contributed by atoms with Gasteiger partial charge in [-0.3, -0.25) is 9.36 Å². The lowest BCUT2D eigenvalue weighted by atomic mass is 10.1. The van der Waals surface area contributed by atoms with Gasteiger partial charge >= 0.3 is 0 Å². The van der Waals surface area contributed by atoms with Crippen LogP contribution in [0.25, 0.3) is 28.7 Å². The summed E-state index contributed by atoms with van der Waals surface area (Å²) >= 11 is 1.62. The van der Waals surface area contributed by atoms with Crippen LogP contribution in [0.5, 0.6) is 0 Å². The summed E-state index contributed by atoms with van der Waals surface area (Å²) < 4.78 is 1.70. The number of nitrogens with zero attached hydrogens (tertiary/aromatic N) is 2. The van der Waals surface area contributed by atoms with E-state index in [1.807, 2.05) is 91.2 Å². The largest absolute Gasteiger partial charge is 0.268 e. The fourth-order valence-electron chi connectivity index (χ4n) is 3.90. The molecule has 0 unspecified atom stereocenters. The predicted molar refractivity (Wildman–Crippen MR) is 142 cm³/mol. The van der Waals surface area contributed by atoms with Gasteiger partial charge in [-0.2, -0.15) is 0 Å². The van der Waals surface area contributed by atoms with E-state index >= 15 is 0 Å². The highest BCUT2D eigenvalue weighted by Crippen LogP contribution is 2.20. The van der Waals surface area contributed by atoms with Crippen molar-refractivity contribution in [2.75, 3.05) is 0 Å². The maximum absolute atomic E-state index is 13.6. The molecule has 34 heavy (non-hydrogen) atoms. The number of aromatic nitrogens is 2. The fourth-order valence-corrected chi connectivity index (χ4v) is 4.47. The third kappa shape index (κ3) is 4.34. The van der Waals surface area contributed by atoms with Gasteiger partial charge in [0.1, 0.15) is 5.82 Å². The van der Waals surface area contributed by atoms with Crippen LogP contribution in [0.3, 0.4) is 0 Å². The maximum atomic E-state index is 13.6. The van der Waals surface area contributed by atoms with Gasteiger partial charge in [-0.15, -0.1) is 11.3 Å². The molecule has 0 fully saturated rings. The van der Waals surface area contributed by atoms with Crippen molar-refractivity contribution in [2.24, 2.45) is 0 Å². The van der Waals surface area contributed by atoms with Crippen molar-refractivity contribution in [3.63, 3.8) is 0 Å². The molecular weight excluding hydrogens is 436 g/mol. The Balaban J connectivity index is 1.65. The van der Waals surface area contributed by atoms with E-state index in [1.54, 1.807) is 15.9 Å². The maximum Gasteiger partial charge on any atom is 0.266 e. The van der Waals surface area contributed by atoms with Crippen LogP contribution in [0.15, 0.2) is 89.0 Å². The van der Waals surface area contributed by atoms with Crippen LogP contribution in [-0.4, -0.2) is 9.55 Å². The standard InChI is InChI=1S/C30H22N2OS/c1-21-8-3-4-9-24(21)15-18-29-31-27-12-6-5-11-26(27)30(33)32(29)28-17-14-23(20-22(28)2)13-16-25-10-7-19-34-25/h3-12,14-15,17-20H,1-2H3. The Bertz CT molecular complexity index is 1650. The molecule has 4 heteroatoms. The van der Waals surface area contributed by atoms with Crippen molar-refractivity contribution in [2.45, 2.75) is 13.8 Å². The molecule has 3 nitrogen and oxygen atoms in total. The molecule has 3 aromatic carbocycles. The SMILES string of the molecule is Cc1ccccc1C=Cc1nc2ccccc2c(=O)n1-c1ccc(C#Cc2cccs2)cc1C. The number of hydrogen-bond acceptors (Lipinski definition) is 3. The van der Waals surface area contributed by atoms with Crippen molar-refractivity contribution in [1.82, 2.24) is 9.55 Å². The van der Waals surface area contributed by atoms with Gasteiger partial charge in [-0.1, -0.05) is 60.4 Å². The Morgan fingerprint density at radius 1 is 0.853 bits per heavy atom. The first kappa shape index (κ1) is 21.6. The van der Waals surface area contributed by atoms with Gasteiger partial charge in [0.25, 0.3) is 5.56 Å². The van der Waals surface area contributed by atoms with E-state index in [2.05, 4.69) is 30.9 Å². The van der Waals surface area contributed by atoms with E-state index in [4.69, 9.17) is 4.98 Å². The average molecular weight is 459 g/mol. The molecule has 0 saturated heterocycles. The summed E-state index contributed by atoms with van der Waals surface area (Å²) in [6.45, 7) is 4.07. The lowest BCUT2D eigenvalue weighted by Gasteiger charge is -2.14. The highest BCUT2D eigenvalue weighted by Gasteiger charge is 2.13. The minimum absolute atomic E-state index is 0.0875. The lowest BCUT2D eigenvalue weighted by molar-refractivity contribution is 0.934. The second-order valence-electron chi connectivity index (χ2n) is 8.05. The first-order valence-corrected chi connectivity index (χ1v) is 11.9. The molecule has 5 rings (SSSR count). The van der Waals surface area contributed by atoms with Crippen molar-refractivity contribution >= 4 is 34.4 Å². The Morgan fingerprint density at radius 2 is 1.68 bits per heavy atom. The molecule has 0 radical (unpaired) electrons. The highest BCUT2D eigenvalue weighted by molar-refractivity contribution is 7.10. The Labute approximate surface area is 202 Å². The Hall–Kier alpha value is -4.20. The number of rotatable bonds is 3. The highest BCUT2D eigenvalue weighted by atomic mass is 32.1. The van der Waals surface area contributed by atoms with Crippen LogP contribution < -0.4 is 5.56 Å². The van der Waals surface area contributed by atoms with Crippen molar-refractivity contribution in [1.29, 1.82) is 0 Å². The summed E-state index contributed by atoms with van der Waals surface area (Å²) in [5.74, 6) is 7.01. The summed E-state index contributed by atoms with van der Waals surface area (Å²) in [6.07, 6.45) is 3.93. The zero-order chi connectivity index (χ0) is 23.5. The number of fused-ring (bicyclic) bond motifs is 1. The van der Waals surface area contributed by atoms with Crippen molar-refractivity contribution in [3.05, 3.63) is 128 Å². The molecule has 0 spiro atoms. The van der Waals surface area contributed by atoms with E-state index in [9.17, 15) is 4.79 Å². The van der Waals surface area contributed by atoms with Crippen LogP contribution in [0.4, 0.5) is 0 Å². The Kier molecular flexibility index (Phi) is 5.95. The average Bonchev–Trinajstić information content (AvgIpc) is 3.37. The van der Waals surface area contributed by atoms with E-state index in [-0.39, 0.29) is 5.56 Å². The Morgan fingerprint density at radius 3 is 2.47 bits per heavy atom. The summed E-state index contributed by atoms with van der Waals surface area (Å²) in [4.78, 5) is 19.5. The van der Waals surface area contributed by atoms with E-state index < -0.39 is 0 Å². The molecule has 2 heterocycles. The minimum atomic E-state index is -0.0875. The van der Waals surface area contributed by atoms with E-state index in [0.717, 1.165) is 27.3 Å². The second-order valence-corrected chi connectivity index (χ2v) is 8.99. The monoisotopic (exact) mass is 458 g/mol. The molecule has 0 atom stereocenters. The zero-order valence-electron chi connectivity index (χ0n) is 18.9. The molecule has 0 amide bonds. The molecular formula is C30H22N2OS. The third-order valence-corrected chi connectivity index (χ3v) is 6.48. The summed E-state index contributed by atoms with van der Waals surface area (Å²) in [5.41, 5.74) is 5.52. The molecule has 0 bridgehead atoms. The summed E-state index contributed by atoms with van der Waals surface area (Å²) in [5, 5.41) is 2.61. The second kappa shape index (κ2) is 9.35. The first-order chi connectivity index (χ1) is 16.6. The number of benzene rings is 3. The van der Waals surface area contributed by atoms with Gasteiger partial charge in [0.2, 0.25) is 0 Å². The summed E-state index contributed by atoms with van der Waals surface area (Å²) in [7, 11) is 0. The number of hydrogen-bond donors (Lipinski definition) is 0. The number of para-hydroxylation sites is 1. The number of thiophene rings is 1. The normalized spacial score (nSPS) is 11.0. The summed E-state index contributed by atoms with van der Waals surface area (Å²) in [6, 6.07) is 25.6. The molecule has 0 N–H and O–H groups in total. The zero-order valence-corrected chi connectivity index (χ0v) is 19.8. The van der Waals surface area contributed by atoms with Crippen LogP contribution >= 0.6 is 11.3 Å². The fraction of sp³-hybridized carbons (Fsp3) is 0.0667. The molecule has 164 valence electrons. The van der Waals surface area contributed by atoms with Crippen LogP contribution in [-0.2, 0) is 0 Å². The molecule has 5 aromatic rings. The smallest absolute Gasteiger partial charge is 0.266 e. The van der Waals surface area contributed by atoms with E-state index in [1.165, 1.54) is 5.56 Å². The molecule has 0 saturated carbocycles. The van der Waals surface area contributed by atoms with Gasteiger partial charge in [-0.25, -0.2) is 4.98 Å². The molecule has 0 aliphatic heterocycles.